The minimum atomic E-state index is 0.760. The van der Waals surface area contributed by atoms with Gasteiger partial charge < -0.3 is 10.2 Å². The Morgan fingerprint density at radius 3 is 2.60 bits per heavy atom. The van der Waals surface area contributed by atoms with E-state index in [4.69, 9.17) is 0 Å². The van der Waals surface area contributed by atoms with Gasteiger partial charge in [0.25, 0.3) is 0 Å². The highest BCUT2D eigenvalue weighted by molar-refractivity contribution is 7.21. The summed E-state index contributed by atoms with van der Waals surface area (Å²) in [7, 11) is 3.90. The van der Waals surface area contributed by atoms with Crippen molar-refractivity contribution >= 4 is 39.0 Å². The van der Waals surface area contributed by atoms with E-state index >= 15 is 0 Å². The lowest BCUT2D eigenvalue weighted by molar-refractivity contribution is 1.04. The highest BCUT2D eigenvalue weighted by Crippen LogP contribution is 2.29. The van der Waals surface area contributed by atoms with Crippen LogP contribution in [0.2, 0.25) is 0 Å². The minimum Gasteiger partial charge on any atom is -0.363 e. The molecule has 0 aliphatic rings. The predicted octanol–water partition coefficient (Wildman–Crippen LogP) is 3.96. The first kappa shape index (κ1) is 15.5. The molecule has 0 amide bonds. The summed E-state index contributed by atoms with van der Waals surface area (Å²) in [4.78, 5) is 20.4. The summed E-state index contributed by atoms with van der Waals surface area (Å²) in [6, 6.07) is 13.9. The monoisotopic (exact) mass is 348 g/mol. The smallest absolute Gasteiger partial charge is 0.143 e. The van der Waals surface area contributed by atoms with Crippen LogP contribution in [-0.2, 0) is 0 Å². The van der Waals surface area contributed by atoms with Crippen LogP contribution in [0.5, 0.6) is 0 Å². The summed E-state index contributed by atoms with van der Waals surface area (Å²) in [5.74, 6) is 1.62. The third-order valence-electron chi connectivity index (χ3n) is 3.68. The second-order valence-electron chi connectivity index (χ2n) is 5.70. The first-order chi connectivity index (χ1) is 12.2. The zero-order valence-electron chi connectivity index (χ0n) is 13.8. The van der Waals surface area contributed by atoms with E-state index in [1.54, 1.807) is 23.9 Å². The molecule has 124 valence electrons. The summed E-state index contributed by atoms with van der Waals surface area (Å²) >= 11 is 1.60. The Morgan fingerprint density at radius 2 is 1.84 bits per heavy atom. The fourth-order valence-electron chi connectivity index (χ4n) is 2.40. The van der Waals surface area contributed by atoms with Gasteiger partial charge in [0.2, 0.25) is 0 Å². The number of aromatic nitrogens is 4. The molecular weight excluding hydrogens is 332 g/mol. The molecule has 0 unspecified atom stereocenters. The SMILES string of the molecule is CN(C)c1cc(Nc2ccc(-c3nc4cccnc4s3)cc2)ncn1. The predicted molar refractivity (Wildman–Crippen MR) is 102 cm³/mol. The van der Waals surface area contributed by atoms with E-state index in [2.05, 4.69) is 25.3 Å². The maximum Gasteiger partial charge on any atom is 0.143 e. The van der Waals surface area contributed by atoms with Crippen LogP contribution in [0, 0.1) is 0 Å². The highest BCUT2D eigenvalue weighted by atomic mass is 32.1. The van der Waals surface area contributed by atoms with Crippen LogP contribution in [0.25, 0.3) is 20.9 Å². The third-order valence-corrected chi connectivity index (χ3v) is 4.71. The van der Waals surface area contributed by atoms with Gasteiger partial charge in [0.1, 0.15) is 33.3 Å². The van der Waals surface area contributed by atoms with Crippen molar-refractivity contribution in [3.05, 3.63) is 55.0 Å². The summed E-state index contributed by atoms with van der Waals surface area (Å²) in [6.07, 6.45) is 3.35. The fourth-order valence-corrected chi connectivity index (χ4v) is 3.31. The lowest BCUT2D eigenvalue weighted by Gasteiger charge is -2.12. The van der Waals surface area contributed by atoms with Gasteiger partial charge in [-0.2, -0.15) is 0 Å². The molecule has 0 fully saturated rings. The van der Waals surface area contributed by atoms with Crippen LogP contribution in [0.15, 0.2) is 55.0 Å². The zero-order valence-corrected chi connectivity index (χ0v) is 14.7. The second kappa shape index (κ2) is 6.45. The number of nitrogens with zero attached hydrogens (tertiary/aromatic N) is 5. The molecule has 0 radical (unpaired) electrons. The van der Waals surface area contributed by atoms with Crippen molar-refractivity contribution in [1.82, 2.24) is 19.9 Å². The summed E-state index contributed by atoms with van der Waals surface area (Å²) in [5, 5.41) is 4.27. The van der Waals surface area contributed by atoms with Crippen LogP contribution in [0.1, 0.15) is 0 Å². The quantitative estimate of drug-likeness (QED) is 0.602. The molecule has 1 N–H and O–H groups in total. The van der Waals surface area contributed by atoms with Crippen molar-refractivity contribution in [2.24, 2.45) is 0 Å². The number of nitrogens with one attached hydrogen (secondary N) is 1. The van der Waals surface area contributed by atoms with Crippen molar-refractivity contribution in [3.8, 4) is 10.6 Å². The molecule has 7 heteroatoms. The van der Waals surface area contributed by atoms with Gasteiger partial charge in [-0.3, -0.25) is 0 Å². The van der Waals surface area contributed by atoms with E-state index in [0.717, 1.165) is 38.2 Å². The number of rotatable bonds is 4. The average Bonchev–Trinajstić information content (AvgIpc) is 3.07. The second-order valence-corrected chi connectivity index (χ2v) is 6.68. The lowest BCUT2D eigenvalue weighted by Crippen LogP contribution is -2.11. The van der Waals surface area contributed by atoms with Crippen molar-refractivity contribution in [3.63, 3.8) is 0 Å². The van der Waals surface area contributed by atoms with Crippen LogP contribution in [0.3, 0.4) is 0 Å². The summed E-state index contributed by atoms with van der Waals surface area (Å²) < 4.78 is 0. The van der Waals surface area contributed by atoms with E-state index in [9.17, 15) is 0 Å². The molecule has 3 aromatic heterocycles. The molecular formula is C18H16N6S. The van der Waals surface area contributed by atoms with Crippen LogP contribution >= 0.6 is 11.3 Å². The van der Waals surface area contributed by atoms with Crippen molar-refractivity contribution in [1.29, 1.82) is 0 Å². The Balaban J connectivity index is 1.56. The molecule has 0 bridgehead atoms. The summed E-state index contributed by atoms with van der Waals surface area (Å²) in [5.41, 5.74) is 2.97. The molecule has 0 aliphatic carbocycles. The molecule has 3 heterocycles. The number of fused-ring (bicyclic) bond motifs is 1. The van der Waals surface area contributed by atoms with Crippen molar-refractivity contribution in [2.75, 3.05) is 24.3 Å². The third kappa shape index (κ3) is 3.27. The van der Waals surface area contributed by atoms with E-state index in [0.29, 0.717) is 0 Å². The Labute approximate surface area is 149 Å². The molecule has 4 rings (SSSR count). The average molecular weight is 348 g/mol. The first-order valence-corrected chi connectivity index (χ1v) is 8.59. The summed E-state index contributed by atoms with van der Waals surface area (Å²) in [6.45, 7) is 0. The van der Waals surface area contributed by atoms with Gasteiger partial charge in [0.05, 0.1) is 0 Å². The molecule has 6 nitrogen and oxygen atoms in total. The van der Waals surface area contributed by atoms with Gasteiger partial charge in [-0.05, 0) is 36.4 Å². The maximum atomic E-state index is 4.64. The number of benzene rings is 1. The molecule has 25 heavy (non-hydrogen) atoms. The minimum absolute atomic E-state index is 0.760. The molecule has 0 saturated heterocycles. The number of thiazole rings is 1. The van der Waals surface area contributed by atoms with Crippen LogP contribution in [0.4, 0.5) is 17.3 Å². The standard InChI is InChI=1S/C18H16N6S/c1-24(2)16-10-15(20-11-21-16)22-13-7-5-12(6-8-13)17-23-14-4-3-9-19-18(14)25-17/h3-11H,1-2H3,(H,20,21,22). The number of anilines is 3. The molecule has 0 aliphatic heterocycles. The Bertz CT molecular complexity index is 976. The Hall–Kier alpha value is -3.06. The molecule has 4 aromatic rings. The fraction of sp³-hybridized carbons (Fsp3) is 0.111. The van der Waals surface area contributed by atoms with Crippen LogP contribution in [-0.4, -0.2) is 34.0 Å². The number of pyridine rings is 1. The lowest BCUT2D eigenvalue weighted by atomic mass is 10.2. The van der Waals surface area contributed by atoms with E-state index in [1.807, 2.05) is 61.5 Å². The van der Waals surface area contributed by atoms with Gasteiger partial charge in [-0.1, -0.05) is 11.3 Å². The first-order valence-electron chi connectivity index (χ1n) is 7.77. The maximum absolute atomic E-state index is 4.64. The van der Waals surface area contributed by atoms with Gasteiger partial charge in [0.15, 0.2) is 0 Å². The zero-order chi connectivity index (χ0) is 17.2. The van der Waals surface area contributed by atoms with E-state index in [-0.39, 0.29) is 0 Å². The largest absolute Gasteiger partial charge is 0.363 e. The van der Waals surface area contributed by atoms with Gasteiger partial charge >= 0.3 is 0 Å². The van der Waals surface area contributed by atoms with Gasteiger partial charge in [-0.25, -0.2) is 19.9 Å². The molecule has 0 saturated carbocycles. The molecule has 1 aromatic carbocycles. The van der Waals surface area contributed by atoms with E-state index < -0.39 is 0 Å². The van der Waals surface area contributed by atoms with Crippen molar-refractivity contribution < 1.29 is 0 Å². The molecule has 0 spiro atoms. The molecule has 0 atom stereocenters. The van der Waals surface area contributed by atoms with Gasteiger partial charge in [0, 0.05) is 37.6 Å². The van der Waals surface area contributed by atoms with E-state index in [1.165, 1.54) is 0 Å². The van der Waals surface area contributed by atoms with Gasteiger partial charge in [-0.15, -0.1) is 0 Å². The topological polar surface area (TPSA) is 66.8 Å². The Morgan fingerprint density at radius 1 is 1.00 bits per heavy atom. The Kier molecular flexibility index (Phi) is 3.99. The highest BCUT2D eigenvalue weighted by Gasteiger charge is 2.07. The number of hydrogen-bond donors (Lipinski definition) is 1. The number of hydrogen-bond acceptors (Lipinski definition) is 7. The van der Waals surface area contributed by atoms with Crippen LogP contribution < -0.4 is 10.2 Å². The van der Waals surface area contributed by atoms with Crippen molar-refractivity contribution in [2.45, 2.75) is 0 Å². The normalized spacial score (nSPS) is 10.8.